The van der Waals surface area contributed by atoms with Crippen LogP contribution >= 0.6 is 11.3 Å². The number of piperidine rings is 1. The van der Waals surface area contributed by atoms with Crippen LogP contribution in [0.15, 0.2) is 5.38 Å². The van der Waals surface area contributed by atoms with E-state index in [0.29, 0.717) is 12.5 Å². The van der Waals surface area contributed by atoms with Gasteiger partial charge in [-0.1, -0.05) is 20.8 Å². The summed E-state index contributed by atoms with van der Waals surface area (Å²) in [7, 11) is 0. The summed E-state index contributed by atoms with van der Waals surface area (Å²) in [6.07, 6.45) is 2.28. The van der Waals surface area contributed by atoms with Gasteiger partial charge >= 0.3 is 0 Å². The lowest BCUT2D eigenvalue weighted by Crippen LogP contribution is -2.40. The van der Waals surface area contributed by atoms with E-state index in [2.05, 4.69) is 31.1 Å². The van der Waals surface area contributed by atoms with Crippen LogP contribution in [-0.2, 0) is 6.42 Å². The maximum Gasteiger partial charge on any atom is 0.0969 e. The number of likely N-dealkylation sites (tertiary alicyclic amines) is 1. The van der Waals surface area contributed by atoms with Crippen LogP contribution in [0.1, 0.15) is 43.8 Å². The molecular weight excluding hydrogens is 254 g/mol. The van der Waals surface area contributed by atoms with Crippen molar-refractivity contribution in [2.45, 2.75) is 39.5 Å². The molecule has 1 aliphatic heterocycles. The fourth-order valence-corrected chi connectivity index (χ4v) is 4.12. The molecule has 0 radical (unpaired) electrons. The maximum absolute atomic E-state index is 5.58. The van der Waals surface area contributed by atoms with Crippen molar-refractivity contribution in [1.29, 1.82) is 0 Å². The Labute approximate surface area is 121 Å². The van der Waals surface area contributed by atoms with Crippen LogP contribution in [0.2, 0.25) is 0 Å². The Kier molecular flexibility index (Phi) is 5.37. The number of nitrogens with two attached hydrogens (primary N) is 1. The Balaban J connectivity index is 1.90. The summed E-state index contributed by atoms with van der Waals surface area (Å²) in [5, 5.41) is 3.44. The van der Waals surface area contributed by atoms with Gasteiger partial charge in [0.1, 0.15) is 0 Å². The van der Waals surface area contributed by atoms with E-state index >= 15 is 0 Å². The van der Waals surface area contributed by atoms with E-state index in [4.69, 9.17) is 10.7 Å². The number of thiazole rings is 1. The first-order chi connectivity index (χ1) is 9.08. The molecule has 3 nitrogen and oxygen atoms in total. The van der Waals surface area contributed by atoms with Gasteiger partial charge in [0.05, 0.1) is 10.7 Å². The Bertz CT molecular complexity index is 380. The first-order valence-electron chi connectivity index (χ1n) is 7.45. The Morgan fingerprint density at radius 3 is 2.74 bits per heavy atom. The van der Waals surface area contributed by atoms with Crippen LogP contribution in [0, 0.1) is 11.8 Å². The highest BCUT2D eigenvalue weighted by atomic mass is 32.1. The largest absolute Gasteiger partial charge is 0.330 e. The number of aromatic nitrogens is 1. The second-order valence-corrected chi connectivity index (χ2v) is 7.17. The van der Waals surface area contributed by atoms with Gasteiger partial charge in [0.2, 0.25) is 0 Å². The van der Waals surface area contributed by atoms with E-state index in [1.54, 1.807) is 11.3 Å². The zero-order valence-corrected chi connectivity index (χ0v) is 13.2. The summed E-state index contributed by atoms with van der Waals surface area (Å²) >= 11 is 1.79. The third kappa shape index (κ3) is 4.26. The second-order valence-electron chi connectivity index (χ2n) is 6.28. The molecule has 0 amide bonds. The third-order valence-electron chi connectivity index (χ3n) is 3.87. The molecule has 0 spiro atoms. The van der Waals surface area contributed by atoms with Crippen LogP contribution in [0.4, 0.5) is 0 Å². The fraction of sp³-hybridized carbons (Fsp3) is 0.800. The molecule has 1 saturated heterocycles. The number of hydrogen-bond donors (Lipinski definition) is 1. The Morgan fingerprint density at radius 2 is 2.11 bits per heavy atom. The minimum absolute atomic E-state index is 0.536. The minimum Gasteiger partial charge on any atom is -0.330 e. The topological polar surface area (TPSA) is 42.2 Å². The van der Waals surface area contributed by atoms with Crippen molar-refractivity contribution in [2.75, 3.05) is 26.2 Å². The van der Waals surface area contributed by atoms with Gasteiger partial charge in [0, 0.05) is 37.4 Å². The molecule has 1 aromatic heterocycles. The molecule has 1 fully saturated rings. The van der Waals surface area contributed by atoms with Crippen LogP contribution in [0.25, 0.3) is 0 Å². The maximum atomic E-state index is 5.58. The van der Waals surface area contributed by atoms with Gasteiger partial charge in [-0.05, 0) is 24.8 Å². The summed E-state index contributed by atoms with van der Waals surface area (Å²) in [5.74, 6) is 2.20. The molecule has 2 heterocycles. The van der Waals surface area contributed by atoms with Gasteiger partial charge in [-0.15, -0.1) is 11.3 Å². The average Bonchev–Trinajstić information content (AvgIpc) is 2.76. The molecule has 1 aromatic rings. The Hall–Kier alpha value is -0.450. The summed E-state index contributed by atoms with van der Waals surface area (Å²) in [6.45, 7) is 11.4. The lowest BCUT2D eigenvalue weighted by Gasteiger charge is -2.36. The molecule has 19 heavy (non-hydrogen) atoms. The van der Waals surface area contributed by atoms with E-state index in [0.717, 1.165) is 30.5 Å². The van der Waals surface area contributed by atoms with Crippen molar-refractivity contribution in [1.82, 2.24) is 9.88 Å². The fourth-order valence-electron chi connectivity index (χ4n) is 3.22. The lowest BCUT2D eigenvalue weighted by molar-refractivity contribution is 0.135. The minimum atomic E-state index is 0.536. The smallest absolute Gasteiger partial charge is 0.0969 e. The van der Waals surface area contributed by atoms with Gasteiger partial charge in [-0.3, -0.25) is 0 Å². The molecule has 1 aliphatic rings. The molecular formula is C15H27N3S. The van der Waals surface area contributed by atoms with E-state index in [1.807, 2.05) is 0 Å². The SMILES string of the molecule is CC1CC(C)CN(CC(C)c2nc(CCN)cs2)C1. The highest BCUT2D eigenvalue weighted by Crippen LogP contribution is 2.26. The summed E-state index contributed by atoms with van der Waals surface area (Å²) < 4.78 is 0. The second kappa shape index (κ2) is 6.82. The van der Waals surface area contributed by atoms with Crippen LogP contribution < -0.4 is 5.73 Å². The van der Waals surface area contributed by atoms with Crippen molar-refractivity contribution in [2.24, 2.45) is 17.6 Å². The van der Waals surface area contributed by atoms with Crippen molar-refractivity contribution >= 4 is 11.3 Å². The Morgan fingerprint density at radius 1 is 1.42 bits per heavy atom. The van der Waals surface area contributed by atoms with Crippen LogP contribution in [-0.4, -0.2) is 36.1 Å². The molecule has 0 aliphatic carbocycles. The average molecular weight is 281 g/mol. The number of rotatable bonds is 5. The molecule has 2 rings (SSSR count). The van der Waals surface area contributed by atoms with Crippen molar-refractivity contribution < 1.29 is 0 Å². The van der Waals surface area contributed by atoms with Gasteiger partial charge < -0.3 is 10.6 Å². The third-order valence-corrected chi connectivity index (χ3v) is 4.99. The lowest BCUT2D eigenvalue weighted by atomic mass is 9.91. The number of hydrogen-bond acceptors (Lipinski definition) is 4. The highest BCUT2D eigenvalue weighted by molar-refractivity contribution is 7.09. The van der Waals surface area contributed by atoms with Crippen LogP contribution in [0.5, 0.6) is 0 Å². The zero-order chi connectivity index (χ0) is 13.8. The first-order valence-corrected chi connectivity index (χ1v) is 8.33. The highest BCUT2D eigenvalue weighted by Gasteiger charge is 2.24. The molecule has 0 saturated carbocycles. The molecule has 3 unspecified atom stereocenters. The molecule has 4 heteroatoms. The molecule has 108 valence electrons. The molecule has 0 aromatic carbocycles. The first kappa shape index (κ1) is 14.9. The molecule has 0 bridgehead atoms. The zero-order valence-electron chi connectivity index (χ0n) is 12.4. The van der Waals surface area contributed by atoms with Gasteiger partial charge in [0.15, 0.2) is 0 Å². The molecule has 2 N–H and O–H groups in total. The quantitative estimate of drug-likeness (QED) is 0.902. The predicted octanol–water partition coefficient (Wildman–Crippen LogP) is 2.73. The molecule has 3 atom stereocenters. The van der Waals surface area contributed by atoms with E-state index in [1.165, 1.54) is 24.5 Å². The van der Waals surface area contributed by atoms with Gasteiger partial charge in [-0.2, -0.15) is 0 Å². The monoisotopic (exact) mass is 281 g/mol. The van der Waals surface area contributed by atoms with E-state index < -0.39 is 0 Å². The van der Waals surface area contributed by atoms with Gasteiger partial charge in [-0.25, -0.2) is 4.98 Å². The summed E-state index contributed by atoms with van der Waals surface area (Å²) in [4.78, 5) is 7.33. The van der Waals surface area contributed by atoms with E-state index in [-0.39, 0.29) is 0 Å². The van der Waals surface area contributed by atoms with Crippen molar-refractivity contribution in [3.63, 3.8) is 0 Å². The standard InChI is InChI=1S/C15H27N3S/c1-11-6-12(2)8-18(7-11)9-13(3)15-17-14(4-5-16)10-19-15/h10-13H,4-9,16H2,1-3H3. The van der Waals surface area contributed by atoms with Gasteiger partial charge in [0.25, 0.3) is 0 Å². The van der Waals surface area contributed by atoms with Crippen molar-refractivity contribution in [3.05, 3.63) is 16.1 Å². The normalized spacial score (nSPS) is 26.5. The van der Waals surface area contributed by atoms with E-state index in [9.17, 15) is 0 Å². The van der Waals surface area contributed by atoms with Crippen LogP contribution in [0.3, 0.4) is 0 Å². The summed E-state index contributed by atoms with van der Waals surface area (Å²) in [5.41, 5.74) is 6.74. The van der Waals surface area contributed by atoms with Crippen molar-refractivity contribution in [3.8, 4) is 0 Å². The number of nitrogens with zero attached hydrogens (tertiary/aromatic N) is 2. The summed E-state index contributed by atoms with van der Waals surface area (Å²) in [6, 6.07) is 0. The predicted molar refractivity (Wildman–Crippen MR) is 82.7 cm³/mol.